The monoisotopic (exact) mass is 257 g/mol. The molecule has 1 saturated heterocycles. The van der Waals surface area contributed by atoms with Crippen LogP contribution in [-0.2, 0) is 6.42 Å². The van der Waals surface area contributed by atoms with Crippen LogP contribution in [0.5, 0.6) is 0 Å². The van der Waals surface area contributed by atoms with E-state index < -0.39 is 0 Å². The number of nitrogens with one attached hydrogen (secondary N) is 1. The van der Waals surface area contributed by atoms with E-state index in [9.17, 15) is 0 Å². The second-order valence-electron chi connectivity index (χ2n) is 4.88. The molecule has 0 saturated carbocycles. The highest BCUT2D eigenvalue weighted by atomic mass is 15.1. The molecule has 0 spiro atoms. The van der Waals surface area contributed by atoms with Crippen molar-refractivity contribution in [3.8, 4) is 5.82 Å². The fourth-order valence-electron chi connectivity index (χ4n) is 2.69. The predicted octanol–water partition coefficient (Wildman–Crippen LogP) is 1.69. The average molecular weight is 257 g/mol. The SMILES string of the molecule is CCc1nccn1-c1nccnc1[C@H]1CCCNC1. The molecule has 0 aliphatic carbocycles. The average Bonchev–Trinajstić information content (AvgIpc) is 2.96. The van der Waals surface area contributed by atoms with E-state index in [1.54, 1.807) is 12.4 Å². The molecule has 3 heterocycles. The largest absolute Gasteiger partial charge is 0.316 e. The lowest BCUT2D eigenvalue weighted by molar-refractivity contribution is 0.452. The summed E-state index contributed by atoms with van der Waals surface area (Å²) in [5.41, 5.74) is 1.09. The van der Waals surface area contributed by atoms with Gasteiger partial charge >= 0.3 is 0 Å². The fraction of sp³-hybridized carbons (Fsp3) is 0.500. The van der Waals surface area contributed by atoms with Crippen LogP contribution in [0.1, 0.15) is 37.2 Å². The van der Waals surface area contributed by atoms with Crippen molar-refractivity contribution in [1.29, 1.82) is 0 Å². The highest BCUT2D eigenvalue weighted by Gasteiger charge is 2.21. The Bertz CT molecular complexity index is 542. The van der Waals surface area contributed by atoms with Gasteiger partial charge in [0.25, 0.3) is 0 Å². The quantitative estimate of drug-likeness (QED) is 0.909. The minimum atomic E-state index is 0.449. The third-order valence-electron chi connectivity index (χ3n) is 3.65. The minimum Gasteiger partial charge on any atom is -0.316 e. The molecule has 2 aromatic rings. The maximum Gasteiger partial charge on any atom is 0.160 e. The van der Waals surface area contributed by atoms with Crippen molar-refractivity contribution in [1.82, 2.24) is 24.8 Å². The number of aryl methyl sites for hydroxylation is 1. The molecule has 0 bridgehead atoms. The van der Waals surface area contributed by atoms with E-state index in [-0.39, 0.29) is 0 Å². The summed E-state index contributed by atoms with van der Waals surface area (Å²) < 4.78 is 2.07. The summed E-state index contributed by atoms with van der Waals surface area (Å²) in [4.78, 5) is 13.5. The lowest BCUT2D eigenvalue weighted by atomic mass is 9.95. The standard InChI is InChI=1S/C14H19N5/c1-2-12-16-8-9-19(12)14-13(17-6-7-18-14)11-4-3-5-15-10-11/h6-9,11,15H,2-5,10H2,1H3/t11-/m0/s1. The molecular formula is C14H19N5. The van der Waals surface area contributed by atoms with Crippen LogP contribution in [0.25, 0.3) is 5.82 Å². The van der Waals surface area contributed by atoms with Gasteiger partial charge in [0.05, 0.1) is 5.69 Å². The van der Waals surface area contributed by atoms with Gasteiger partial charge in [-0.3, -0.25) is 9.55 Å². The highest BCUT2D eigenvalue weighted by molar-refractivity contribution is 5.33. The molecule has 0 radical (unpaired) electrons. The van der Waals surface area contributed by atoms with E-state index >= 15 is 0 Å². The van der Waals surface area contributed by atoms with Crippen molar-refractivity contribution in [2.24, 2.45) is 0 Å². The van der Waals surface area contributed by atoms with Gasteiger partial charge in [0.2, 0.25) is 0 Å². The number of aromatic nitrogens is 4. The first-order valence-corrected chi connectivity index (χ1v) is 6.94. The summed E-state index contributed by atoms with van der Waals surface area (Å²) >= 11 is 0. The van der Waals surface area contributed by atoms with Crippen molar-refractivity contribution in [2.45, 2.75) is 32.1 Å². The van der Waals surface area contributed by atoms with Gasteiger partial charge < -0.3 is 5.32 Å². The Morgan fingerprint density at radius 1 is 1.26 bits per heavy atom. The van der Waals surface area contributed by atoms with Crippen LogP contribution in [-0.4, -0.2) is 32.6 Å². The smallest absolute Gasteiger partial charge is 0.160 e. The summed E-state index contributed by atoms with van der Waals surface area (Å²) in [6, 6.07) is 0. The molecule has 1 fully saturated rings. The van der Waals surface area contributed by atoms with Gasteiger partial charge in [-0.15, -0.1) is 0 Å². The first kappa shape index (κ1) is 12.3. The van der Waals surface area contributed by atoms with E-state index in [0.717, 1.165) is 36.8 Å². The Kier molecular flexibility index (Phi) is 3.55. The Balaban J connectivity index is 2.01. The summed E-state index contributed by atoms with van der Waals surface area (Å²) in [7, 11) is 0. The van der Waals surface area contributed by atoms with E-state index in [1.165, 1.54) is 12.8 Å². The molecular weight excluding hydrogens is 238 g/mol. The van der Waals surface area contributed by atoms with Crippen molar-refractivity contribution in [2.75, 3.05) is 13.1 Å². The molecule has 19 heavy (non-hydrogen) atoms. The fourth-order valence-corrected chi connectivity index (χ4v) is 2.69. The van der Waals surface area contributed by atoms with Gasteiger partial charge in [-0.25, -0.2) is 9.97 Å². The molecule has 2 aromatic heterocycles. The zero-order chi connectivity index (χ0) is 13.1. The Hall–Kier alpha value is -1.75. The zero-order valence-electron chi connectivity index (χ0n) is 11.2. The summed E-state index contributed by atoms with van der Waals surface area (Å²) in [6.45, 7) is 4.20. The number of hydrogen-bond acceptors (Lipinski definition) is 4. The normalized spacial score (nSPS) is 19.5. The third-order valence-corrected chi connectivity index (χ3v) is 3.65. The first-order chi connectivity index (χ1) is 9.40. The lowest BCUT2D eigenvalue weighted by Crippen LogP contribution is -2.29. The van der Waals surface area contributed by atoms with Crippen molar-refractivity contribution in [3.63, 3.8) is 0 Å². The van der Waals surface area contributed by atoms with Crippen molar-refractivity contribution in [3.05, 3.63) is 36.3 Å². The predicted molar refractivity (Wildman–Crippen MR) is 73.4 cm³/mol. The van der Waals surface area contributed by atoms with Crippen LogP contribution in [0, 0.1) is 0 Å². The van der Waals surface area contributed by atoms with Gasteiger partial charge in [0.1, 0.15) is 5.82 Å². The van der Waals surface area contributed by atoms with Crippen LogP contribution in [0.2, 0.25) is 0 Å². The topological polar surface area (TPSA) is 55.6 Å². The van der Waals surface area contributed by atoms with Gasteiger partial charge in [-0.2, -0.15) is 0 Å². The van der Waals surface area contributed by atoms with Gasteiger partial charge in [0.15, 0.2) is 5.82 Å². The van der Waals surface area contributed by atoms with Crippen molar-refractivity contribution >= 4 is 0 Å². The number of imidazole rings is 1. The maximum atomic E-state index is 4.58. The molecule has 100 valence electrons. The number of nitrogens with zero attached hydrogens (tertiary/aromatic N) is 4. The second kappa shape index (κ2) is 5.48. The summed E-state index contributed by atoms with van der Waals surface area (Å²) in [5, 5.41) is 3.44. The summed E-state index contributed by atoms with van der Waals surface area (Å²) in [6.07, 6.45) is 10.6. The van der Waals surface area contributed by atoms with E-state index in [1.807, 2.05) is 12.4 Å². The molecule has 1 aliphatic rings. The van der Waals surface area contributed by atoms with Crippen LogP contribution in [0.3, 0.4) is 0 Å². The molecule has 1 N–H and O–H groups in total. The van der Waals surface area contributed by atoms with Crippen LogP contribution in [0.4, 0.5) is 0 Å². The second-order valence-corrected chi connectivity index (χ2v) is 4.88. The van der Waals surface area contributed by atoms with E-state index in [0.29, 0.717) is 5.92 Å². The third kappa shape index (κ3) is 2.38. The highest BCUT2D eigenvalue weighted by Crippen LogP contribution is 2.25. The summed E-state index contributed by atoms with van der Waals surface area (Å²) in [5.74, 6) is 2.42. The molecule has 5 nitrogen and oxygen atoms in total. The maximum absolute atomic E-state index is 4.58. The molecule has 0 amide bonds. The molecule has 1 atom stereocenters. The van der Waals surface area contributed by atoms with Crippen LogP contribution >= 0.6 is 0 Å². The lowest BCUT2D eigenvalue weighted by Gasteiger charge is -2.23. The van der Waals surface area contributed by atoms with Gasteiger partial charge in [-0.1, -0.05) is 6.92 Å². The van der Waals surface area contributed by atoms with Crippen LogP contribution < -0.4 is 5.32 Å². The zero-order valence-corrected chi connectivity index (χ0v) is 11.2. The number of hydrogen-bond donors (Lipinski definition) is 1. The van der Waals surface area contributed by atoms with Crippen LogP contribution in [0.15, 0.2) is 24.8 Å². The molecule has 1 aliphatic heterocycles. The molecule has 0 unspecified atom stereocenters. The molecule has 3 rings (SSSR count). The number of piperidine rings is 1. The van der Waals surface area contributed by atoms with Gasteiger partial charge in [-0.05, 0) is 19.4 Å². The van der Waals surface area contributed by atoms with Crippen molar-refractivity contribution < 1.29 is 0 Å². The van der Waals surface area contributed by atoms with E-state index in [4.69, 9.17) is 0 Å². The number of rotatable bonds is 3. The van der Waals surface area contributed by atoms with Gasteiger partial charge in [0, 0.05) is 43.7 Å². The minimum absolute atomic E-state index is 0.449. The Labute approximate surface area is 113 Å². The first-order valence-electron chi connectivity index (χ1n) is 6.94. The molecule has 0 aromatic carbocycles. The Morgan fingerprint density at radius 2 is 2.16 bits per heavy atom. The Morgan fingerprint density at radius 3 is 2.95 bits per heavy atom. The van der Waals surface area contributed by atoms with E-state index in [2.05, 4.69) is 31.8 Å². The molecule has 5 heteroatoms.